The molecule has 2 amide bonds. The Morgan fingerprint density at radius 1 is 0.671 bits per heavy atom. The lowest BCUT2D eigenvalue weighted by atomic mass is 9.79. The maximum atomic E-state index is 13.4. The summed E-state index contributed by atoms with van der Waals surface area (Å²) < 4.78 is 167. The van der Waals surface area contributed by atoms with Crippen LogP contribution in [0.5, 0.6) is 0 Å². The van der Waals surface area contributed by atoms with Crippen LogP contribution in [-0.2, 0) is 72.7 Å². The van der Waals surface area contributed by atoms with Crippen molar-refractivity contribution in [2.45, 2.75) is 103 Å². The number of nitrogens with two attached hydrogens (primary N) is 1. The van der Waals surface area contributed by atoms with Gasteiger partial charge in [-0.25, -0.2) is 13.6 Å². The number of allylic oxidation sites excluding steroid dienone is 6. The Labute approximate surface area is 475 Å². The first-order valence-corrected chi connectivity index (χ1v) is 32.7. The van der Waals surface area contributed by atoms with E-state index in [0.29, 0.717) is 88.8 Å². The zero-order valence-electron chi connectivity index (χ0n) is 45.1. The zero-order valence-corrected chi connectivity index (χ0v) is 49.1. The minimum Gasteiger partial charge on any atom is -0.352 e. The normalized spacial score (nSPS) is 16.1. The number of nitrogens with one attached hydrogen (secondary N) is 2. The van der Waals surface area contributed by atoms with Crippen LogP contribution in [0.4, 0.5) is 11.4 Å². The molecule has 3 heterocycles. The fourth-order valence-corrected chi connectivity index (χ4v) is 13.9. The van der Waals surface area contributed by atoms with Crippen molar-refractivity contribution in [3.05, 3.63) is 149 Å². The maximum absolute atomic E-state index is 13.4. The SMILES string of the molecule is CCN1/C(=C/C=C(/C=C/C2=[N+](CC)c3ccc4c(S(=O)(=O)O)cc(S(=O)(=O)O)cc4c3C2(C)C)c2ccc(C(=O)NCCCCC(=O)NCc3ccc(S(N)(=O)=O)cc3)cn2)C(C)(C)c2c1ccc1c(S(=O)(=O)O)cc(S(=O)(=O)O)cc21. The van der Waals surface area contributed by atoms with Crippen LogP contribution in [-0.4, -0.2) is 107 Å². The Balaban J connectivity index is 1.14. The van der Waals surface area contributed by atoms with Crippen LogP contribution in [0.2, 0.25) is 0 Å². The van der Waals surface area contributed by atoms with E-state index in [2.05, 4.69) is 10.6 Å². The van der Waals surface area contributed by atoms with Crippen molar-refractivity contribution in [3.63, 3.8) is 0 Å². The number of nitrogens with zero attached hydrogens (tertiary/aromatic N) is 3. The van der Waals surface area contributed by atoms with Crippen LogP contribution in [0.3, 0.4) is 0 Å². The van der Waals surface area contributed by atoms with Crippen LogP contribution in [0.15, 0.2) is 146 Å². The van der Waals surface area contributed by atoms with Gasteiger partial charge in [0.05, 0.1) is 31.4 Å². The van der Waals surface area contributed by atoms with Gasteiger partial charge in [0.25, 0.3) is 46.4 Å². The number of aromatic nitrogens is 1. The molecule has 5 aromatic carbocycles. The number of sulfonamides is 1. The molecule has 434 valence electrons. The van der Waals surface area contributed by atoms with Gasteiger partial charge in [-0.2, -0.15) is 38.2 Å². The van der Waals surface area contributed by atoms with Crippen LogP contribution in [0.25, 0.3) is 27.1 Å². The van der Waals surface area contributed by atoms with Gasteiger partial charge in [0.1, 0.15) is 16.3 Å². The average Bonchev–Trinajstić information content (AvgIpc) is 2.72. The number of pyridine rings is 1. The molecule has 0 bridgehead atoms. The lowest BCUT2D eigenvalue weighted by Crippen LogP contribution is -2.28. The first-order valence-electron chi connectivity index (χ1n) is 25.4. The molecule has 6 aromatic rings. The third-order valence-corrected chi connectivity index (χ3v) is 19.0. The molecule has 0 fully saturated rings. The van der Waals surface area contributed by atoms with E-state index in [1.54, 1.807) is 60.7 Å². The first-order chi connectivity index (χ1) is 38.1. The number of carbonyl (C=O) groups excluding carboxylic acids is 2. The van der Waals surface area contributed by atoms with Crippen molar-refractivity contribution in [2.24, 2.45) is 5.14 Å². The van der Waals surface area contributed by atoms with E-state index in [4.69, 9.17) is 10.1 Å². The van der Waals surface area contributed by atoms with E-state index in [9.17, 15) is 69.9 Å². The molecule has 2 aliphatic heterocycles. The zero-order chi connectivity index (χ0) is 60.3. The van der Waals surface area contributed by atoms with E-state index in [1.807, 2.05) is 51.0 Å². The number of hydrogen-bond donors (Lipinski definition) is 7. The largest absolute Gasteiger partial charge is 0.352 e. The highest BCUT2D eigenvalue weighted by Crippen LogP contribution is 2.52. The molecule has 1 aromatic heterocycles. The Bertz CT molecular complexity index is 4390. The lowest BCUT2D eigenvalue weighted by Gasteiger charge is -2.26. The summed E-state index contributed by atoms with van der Waals surface area (Å²) in [5, 5.41) is 11.1. The smallest absolute Gasteiger partial charge is 0.295 e. The van der Waals surface area contributed by atoms with Gasteiger partial charge < -0.3 is 15.5 Å². The van der Waals surface area contributed by atoms with E-state index in [0.717, 1.165) is 12.1 Å². The molecule has 0 saturated heterocycles. The number of benzene rings is 5. The summed E-state index contributed by atoms with van der Waals surface area (Å²) in [5.74, 6) is -0.684. The number of amides is 2. The molecule has 22 nitrogen and oxygen atoms in total. The predicted octanol–water partition coefficient (Wildman–Crippen LogP) is 6.98. The number of hydrogen-bond acceptors (Lipinski definition) is 14. The fourth-order valence-electron chi connectivity index (χ4n) is 10.7. The average molecular weight is 1220 g/mol. The standard InChI is InChI=1S/C55H58N6O16S5/c1-7-60-44-22-19-39-41(27-37(79(66,67)68)29-46(39)81(72,73)74)51(44)54(3,4)48(60)24-15-34(43-21-14-35(32-58-43)53(63)57-26-10-9-11-50(62)59-31-33-12-17-36(18-13-33)78(56,64)65)16-25-49-55(5,6)52-42-28-38(80(69,70)71)30-47(82(75,76)77)40(42)20-23-45(52)61(49)8-2/h12-25,27-30,32H,7-11,26,31H2,1-6H3,(H7-,56,57,59,62,63,64,65,66,67,68,69,70,71,72,73,74,75,76,77)/p+1. The Kier molecular flexibility index (Phi) is 16.6. The van der Waals surface area contributed by atoms with E-state index in [1.165, 1.54) is 30.5 Å². The molecule has 2 aliphatic rings. The van der Waals surface area contributed by atoms with Crippen molar-refractivity contribution < 1.29 is 74.5 Å². The van der Waals surface area contributed by atoms with Gasteiger partial charge in [-0.3, -0.25) is 32.8 Å². The molecule has 82 heavy (non-hydrogen) atoms. The van der Waals surface area contributed by atoms with Gasteiger partial charge in [-0.05, 0) is 135 Å². The van der Waals surface area contributed by atoms with Gasteiger partial charge in [0.2, 0.25) is 21.6 Å². The highest BCUT2D eigenvalue weighted by Gasteiger charge is 2.46. The summed E-state index contributed by atoms with van der Waals surface area (Å²) in [6, 6.07) is 18.9. The summed E-state index contributed by atoms with van der Waals surface area (Å²) in [6.07, 6.45) is 9.59. The fraction of sp³-hybridized carbons (Fsp3) is 0.273. The Morgan fingerprint density at radius 2 is 1.26 bits per heavy atom. The molecular formula is C55H59N6O16S5+. The highest BCUT2D eigenvalue weighted by atomic mass is 32.2. The summed E-state index contributed by atoms with van der Waals surface area (Å²) in [6.45, 7) is 12.2. The van der Waals surface area contributed by atoms with Crippen molar-refractivity contribution >= 4 is 107 Å². The Hall–Kier alpha value is -7.05. The van der Waals surface area contributed by atoms with Crippen molar-refractivity contribution in [3.8, 4) is 0 Å². The Morgan fingerprint density at radius 3 is 1.78 bits per heavy atom. The molecule has 27 heteroatoms. The molecule has 0 saturated carbocycles. The van der Waals surface area contributed by atoms with Crippen molar-refractivity contribution in [1.29, 1.82) is 0 Å². The van der Waals surface area contributed by atoms with Crippen LogP contribution < -0.4 is 20.7 Å². The third-order valence-electron chi connectivity index (χ3n) is 14.6. The van der Waals surface area contributed by atoms with Crippen LogP contribution in [0, 0.1) is 0 Å². The molecular weight excluding hydrogens is 1160 g/mol. The molecule has 8 rings (SSSR count). The molecule has 0 unspecified atom stereocenters. The minimum absolute atomic E-state index is 0.00911. The first kappa shape index (κ1) is 61.0. The number of primary sulfonamides is 1. The van der Waals surface area contributed by atoms with Crippen molar-refractivity contribution in [1.82, 2.24) is 15.6 Å². The number of anilines is 1. The van der Waals surface area contributed by atoms with Crippen molar-refractivity contribution in [2.75, 3.05) is 24.5 Å². The number of rotatable bonds is 19. The molecule has 8 N–H and O–H groups in total. The van der Waals surface area contributed by atoms with Gasteiger partial charge >= 0.3 is 0 Å². The van der Waals surface area contributed by atoms with E-state index in [-0.39, 0.29) is 57.4 Å². The number of unbranched alkanes of at least 4 members (excludes halogenated alkanes) is 1. The van der Waals surface area contributed by atoms with E-state index < -0.39 is 86.8 Å². The highest BCUT2D eigenvalue weighted by molar-refractivity contribution is 7.89. The molecule has 0 radical (unpaired) electrons. The maximum Gasteiger partial charge on any atom is 0.295 e. The summed E-state index contributed by atoms with van der Waals surface area (Å²) in [4.78, 5) is 29.6. The lowest BCUT2D eigenvalue weighted by molar-refractivity contribution is -0.433. The minimum atomic E-state index is -5.01. The molecule has 0 aliphatic carbocycles. The number of fused-ring (bicyclic) bond motifs is 6. The van der Waals surface area contributed by atoms with Gasteiger partial charge in [-0.15, -0.1) is 0 Å². The summed E-state index contributed by atoms with van der Waals surface area (Å²) in [7, 11) is -23.8. The number of likely N-dealkylation sites (N-methyl/N-ethyl adjacent to an activating group) is 1. The monoisotopic (exact) mass is 1220 g/mol. The number of carbonyl (C=O) groups is 2. The van der Waals surface area contributed by atoms with Gasteiger partial charge in [0, 0.05) is 83.1 Å². The topological polar surface area (TPSA) is 355 Å². The van der Waals surface area contributed by atoms with E-state index >= 15 is 0 Å². The van der Waals surface area contributed by atoms with Crippen LogP contribution in [0.1, 0.15) is 93.5 Å². The second-order valence-electron chi connectivity index (χ2n) is 20.6. The quantitative estimate of drug-likeness (QED) is 0.0186. The third kappa shape index (κ3) is 12.2. The molecule has 0 spiro atoms. The van der Waals surface area contributed by atoms with Crippen LogP contribution >= 0.6 is 0 Å². The summed E-state index contributed by atoms with van der Waals surface area (Å²) in [5.41, 5.74) is 3.10. The molecule has 0 atom stereocenters. The van der Waals surface area contributed by atoms with Gasteiger partial charge in [0.15, 0.2) is 5.71 Å². The second kappa shape index (κ2) is 22.3. The predicted molar refractivity (Wildman–Crippen MR) is 307 cm³/mol. The summed E-state index contributed by atoms with van der Waals surface area (Å²) >= 11 is 0. The second-order valence-corrected chi connectivity index (χ2v) is 27.8. The van der Waals surface area contributed by atoms with Gasteiger partial charge in [-0.1, -0.05) is 38.1 Å².